The maximum absolute atomic E-state index is 6.86. The smallest absolute Gasteiger partial charge is 0.00208 e. The van der Waals surface area contributed by atoms with Gasteiger partial charge in [-0.1, -0.05) is 0 Å². The highest BCUT2D eigenvalue weighted by atomic mass is 15.0. The normalized spacial score (nSPS) is 9.29. The van der Waals surface area contributed by atoms with Gasteiger partial charge in [-0.25, -0.2) is 0 Å². The van der Waals surface area contributed by atoms with Gasteiger partial charge in [-0.3, -0.25) is 0 Å². The lowest BCUT2D eigenvalue weighted by Gasteiger charge is -2.04. The molecule has 0 rings (SSSR count). The van der Waals surface area contributed by atoms with Crippen molar-refractivity contribution in [3.8, 4) is 0 Å². The summed E-state index contributed by atoms with van der Waals surface area (Å²) in [5.41, 5.74) is 23.0. The summed E-state index contributed by atoms with van der Waals surface area (Å²) in [5.74, 6) is 0. The maximum atomic E-state index is 6.86. The highest BCUT2D eigenvalue weighted by Gasteiger charge is 1.89. The Bertz CT molecular complexity index is 145. The minimum Gasteiger partial charge on any atom is -0.330 e. The van der Waals surface area contributed by atoms with Gasteiger partial charge in [0.15, 0.2) is 0 Å². The molecule has 0 radical (unpaired) electrons. The molecule has 0 amide bonds. The molecular formula is C10H27N7. The van der Waals surface area contributed by atoms with Crippen LogP contribution in [-0.2, 0) is 0 Å². The molecule has 0 saturated carbocycles. The largest absolute Gasteiger partial charge is 0.330 e. The molecule has 0 aliphatic rings. The van der Waals surface area contributed by atoms with Gasteiger partial charge < -0.3 is 22.1 Å². The van der Waals surface area contributed by atoms with Crippen LogP contribution in [-0.4, -0.2) is 39.3 Å². The second-order valence-electron chi connectivity index (χ2n) is 3.59. The van der Waals surface area contributed by atoms with Gasteiger partial charge in [-0.2, -0.15) is 0 Å². The van der Waals surface area contributed by atoms with Gasteiger partial charge in [0.2, 0.25) is 0 Å². The van der Waals surface area contributed by atoms with Crippen LogP contribution >= 0.6 is 0 Å². The molecule has 0 spiro atoms. The van der Waals surface area contributed by atoms with Gasteiger partial charge in [-0.15, -0.1) is 5.53 Å². The molecule has 0 aliphatic heterocycles. The Morgan fingerprint density at radius 2 is 1.12 bits per heavy atom. The topological polar surface area (TPSA) is 136 Å². The Kier molecular flexibility index (Phi) is 22.4. The first-order chi connectivity index (χ1) is 8.33. The van der Waals surface area contributed by atoms with Gasteiger partial charge in [-0.05, 0) is 75.4 Å². The Labute approximate surface area is 104 Å². The van der Waals surface area contributed by atoms with E-state index in [9.17, 15) is 0 Å². The zero-order valence-electron chi connectivity index (χ0n) is 10.6. The average Bonchev–Trinajstić information content (AvgIpc) is 2.33. The Balaban J connectivity index is 0. The molecule has 7 nitrogen and oxygen atoms in total. The van der Waals surface area contributed by atoms with E-state index in [-0.39, 0.29) is 0 Å². The summed E-state index contributed by atoms with van der Waals surface area (Å²) in [5, 5.41) is 6.72. The second kappa shape index (κ2) is 20.5. The summed E-state index contributed by atoms with van der Waals surface area (Å²) >= 11 is 0. The number of hydrogen-bond donors (Lipinski definition) is 5. The first kappa shape index (κ1) is 18.5. The highest BCUT2D eigenvalue weighted by molar-refractivity contribution is 4.52. The molecule has 17 heavy (non-hydrogen) atoms. The SMILES string of the molecule is NCCCNCCCCNCCCN.[N-]=[N+]=N. The van der Waals surface area contributed by atoms with Gasteiger partial charge in [0, 0.05) is 0 Å². The van der Waals surface area contributed by atoms with E-state index in [1.807, 2.05) is 0 Å². The molecule has 0 aromatic heterocycles. The molecule has 0 aromatic rings. The molecule has 0 bridgehead atoms. The Morgan fingerprint density at radius 3 is 1.41 bits per heavy atom. The fourth-order valence-corrected chi connectivity index (χ4v) is 1.20. The van der Waals surface area contributed by atoms with Crippen LogP contribution in [0.3, 0.4) is 0 Å². The molecule has 0 heterocycles. The fourth-order valence-electron chi connectivity index (χ4n) is 1.20. The first-order valence-corrected chi connectivity index (χ1v) is 6.15. The third-order valence-corrected chi connectivity index (χ3v) is 2.07. The van der Waals surface area contributed by atoms with Gasteiger partial charge in [0.1, 0.15) is 0 Å². The lowest BCUT2D eigenvalue weighted by Crippen LogP contribution is -2.22. The van der Waals surface area contributed by atoms with Crippen molar-refractivity contribution in [1.82, 2.24) is 10.6 Å². The summed E-state index contributed by atoms with van der Waals surface area (Å²) < 4.78 is 0. The van der Waals surface area contributed by atoms with Crippen LogP contribution in [0.2, 0.25) is 0 Å². The van der Waals surface area contributed by atoms with E-state index >= 15 is 0 Å². The summed E-state index contributed by atoms with van der Waals surface area (Å²) in [6.45, 7) is 5.90. The molecule has 0 unspecified atom stereocenters. The number of rotatable bonds is 11. The molecule has 102 valence electrons. The minimum absolute atomic E-state index is 0.785. The van der Waals surface area contributed by atoms with Crippen LogP contribution in [0.4, 0.5) is 0 Å². The van der Waals surface area contributed by atoms with Crippen LogP contribution in [0.15, 0.2) is 0 Å². The van der Waals surface area contributed by atoms with Crippen molar-refractivity contribution in [2.45, 2.75) is 25.7 Å². The molecule has 7 N–H and O–H groups in total. The van der Waals surface area contributed by atoms with E-state index in [4.69, 9.17) is 22.5 Å². The molecule has 0 aromatic carbocycles. The van der Waals surface area contributed by atoms with Gasteiger partial charge >= 0.3 is 0 Å². The van der Waals surface area contributed by atoms with Crippen molar-refractivity contribution < 1.29 is 0 Å². The van der Waals surface area contributed by atoms with Crippen molar-refractivity contribution >= 4 is 0 Å². The van der Waals surface area contributed by atoms with Crippen molar-refractivity contribution in [2.75, 3.05) is 39.3 Å². The Morgan fingerprint density at radius 1 is 0.824 bits per heavy atom. The molecule has 7 heteroatoms. The monoisotopic (exact) mass is 245 g/mol. The van der Waals surface area contributed by atoms with E-state index in [0.29, 0.717) is 0 Å². The minimum atomic E-state index is 0.785. The molecule has 0 atom stereocenters. The van der Waals surface area contributed by atoms with E-state index in [1.54, 1.807) is 4.91 Å². The van der Waals surface area contributed by atoms with Crippen molar-refractivity contribution in [2.24, 2.45) is 11.5 Å². The molecule has 0 saturated heterocycles. The number of nitrogens with zero attached hydrogens (tertiary/aromatic N) is 2. The van der Waals surface area contributed by atoms with Gasteiger partial charge in [0.05, 0.1) is 0 Å². The maximum Gasteiger partial charge on any atom is -0.00208 e. The summed E-state index contributed by atoms with van der Waals surface area (Å²) in [6, 6.07) is 0. The molecule has 0 aliphatic carbocycles. The van der Waals surface area contributed by atoms with E-state index < -0.39 is 0 Å². The molecular weight excluding hydrogens is 218 g/mol. The van der Waals surface area contributed by atoms with Crippen LogP contribution in [0.25, 0.3) is 10.4 Å². The van der Waals surface area contributed by atoms with Crippen LogP contribution < -0.4 is 22.1 Å². The standard InChI is InChI=1S/C10H26N4.HN3/c11-5-3-9-13-7-1-2-8-14-10-4-6-12;1-3-2/h13-14H,1-12H2;1H. The number of nitrogens with two attached hydrogens (primary N) is 2. The lowest BCUT2D eigenvalue weighted by atomic mass is 10.3. The van der Waals surface area contributed by atoms with Crippen molar-refractivity contribution in [3.05, 3.63) is 10.4 Å². The third kappa shape index (κ3) is 25.4. The Hall–Kier alpha value is -0.850. The lowest BCUT2D eigenvalue weighted by molar-refractivity contribution is 0.570. The van der Waals surface area contributed by atoms with Crippen LogP contribution in [0, 0.1) is 5.53 Å². The summed E-state index contributed by atoms with van der Waals surface area (Å²) in [6.07, 6.45) is 4.63. The van der Waals surface area contributed by atoms with E-state index in [0.717, 1.165) is 52.1 Å². The number of nitrogens with one attached hydrogen (secondary N) is 3. The van der Waals surface area contributed by atoms with Gasteiger partial charge in [0.25, 0.3) is 0 Å². The third-order valence-electron chi connectivity index (χ3n) is 2.07. The van der Waals surface area contributed by atoms with Crippen molar-refractivity contribution in [3.63, 3.8) is 0 Å². The average molecular weight is 245 g/mol. The zero-order chi connectivity index (χ0) is 13.2. The predicted molar refractivity (Wildman–Crippen MR) is 71.8 cm³/mol. The van der Waals surface area contributed by atoms with Crippen LogP contribution in [0.1, 0.15) is 25.7 Å². The van der Waals surface area contributed by atoms with Crippen molar-refractivity contribution in [1.29, 1.82) is 5.53 Å². The van der Waals surface area contributed by atoms with E-state index in [2.05, 4.69) is 10.6 Å². The zero-order valence-corrected chi connectivity index (χ0v) is 10.6. The number of unbranched alkanes of at least 4 members (excludes halogenated alkanes) is 1. The van der Waals surface area contributed by atoms with Crippen LogP contribution in [0.5, 0.6) is 0 Å². The number of hydrogen-bond acceptors (Lipinski definition) is 5. The fraction of sp³-hybridized carbons (Fsp3) is 1.00. The quantitative estimate of drug-likeness (QED) is 0.157. The van der Waals surface area contributed by atoms with E-state index in [1.165, 1.54) is 12.8 Å². The predicted octanol–water partition coefficient (Wildman–Crippen LogP) is 0.519. The first-order valence-electron chi connectivity index (χ1n) is 6.15. The highest BCUT2D eigenvalue weighted by Crippen LogP contribution is 1.84. The molecule has 0 fully saturated rings. The summed E-state index contributed by atoms with van der Waals surface area (Å²) in [4.78, 5) is 1.75. The summed E-state index contributed by atoms with van der Waals surface area (Å²) in [7, 11) is 0. The second-order valence-corrected chi connectivity index (χ2v) is 3.59.